The van der Waals surface area contributed by atoms with Crippen LogP contribution in [0.1, 0.15) is 32.4 Å². The van der Waals surface area contributed by atoms with Gasteiger partial charge < -0.3 is 14.8 Å². The molecule has 5 heteroatoms. The fraction of sp³-hybridized carbons (Fsp3) is 0.316. The number of rotatable bonds is 6. The fourth-order valence-corrected chi connectivity index (χ4v) is 2.44. The van der Waals surface area contributed by atoms with Gasteiger partial charge in [0, 0.05) is 10.6 Å². The van der Waals surface area contributed by atoms with Gasteiger partial charge in [-0.3, -0.25) is 4.79 Å². The summed E-state index contributed by atoms with van der Waals surface area (Å²) < 4.78 is 11.2. The van der Waals surface area contributed by atoms with Gasteiger partial charge in [0.05, 0.1) is 13.2 Å². The quantitative estimate of drug-likeness (QED) is 0.843. The summed E-state index contributed by atoms with van der Waals surface area (Å²) >= 11 is 5.86. The Kier molecular flexibility index (Phi) is 5.73. The molecule has 2 aromatic rings. The SMILES string of the molecule is COc1ccccc1[C@H](C)NC(=O)C(C)(C)Oc1ccc(Cl)cc1. The van der Waals surface area contributed by atoms with Gasteiger partial charge in [-0.15, -0.1) is 0 Å². The first-order valence-electron chi connectivity index (χ1n) is 7.72. The second-order valence-electron chi connectivity index (χ2n) is 6.00. The van der Waals surface area contributed by atoms with Crippen LogP contribution in [-0.2, 0) is 4.79 Å². The second-order valence-corrected chi connectivity index (χ2v) is 6.44. The van der Waals surface area contributed by atoms with E-state index in [1.807, 2.05) is 31.2 Å². The smallest absolute Gasteiger partial charge is 0.264 e. The number of ether oxygens (including phenoxy) is 2. The van der Waals surface area contributed by atoms with Crippen molar-refractivity contribution in [2.75, 3.05) is 7.11 Å². The van der Waals surface area contributed by atoms with Crippen molar-refractivity contribution in [3.8, 4) is 11.5 Å². The van der Waals surface area contributed by atoms with Crippen molar-refractivity contribution in [3.05, 3.63) is 59.1 Å². The number of benzene rings is 2. The van der Waals surface area contributed by atoms with Gasteiger partial charge in [0.15, 0.2) is 5.60 Å². The molecule has 0 heterocycles. The Bertz CT molecular complexity index is 698. The summed E-state index contributed by atoms with van der Waals surface area (Å²) in [5, 5.41) is 3.59. The standard InChI is InChI=1S/C19H22ClNO3/c1-13(16-7-5-6-8-17(16)23-4)21-18(22)19(2,3)24-15-11-9-14(20)10-12-15/h5-13H,1-4H3,(H,21,22)/t13-/m0/s1. The fourth-order valence-electron chi connectivity index (χ4n) is 2.32. The number of carbonyl (C=O) groups is 1. The van der Waals surface area contributed by atoms with Gasteiger partial charge in [-0.2, -0.15) is 0 Å². The first-order valence-corrected chi connectivity index (χ1v) is 8.10. The van der Waals surface area contributed by atoms with E-state index in [2.05, 4.69) is 5.32 Å². The lowest BCUT2D eigenvalue weighted by atomic mass is 10.0. The summed E-state index contributed by atoms with van der Waals surface area (Å²) in [5.74, 6) is 1.11. The molecule has 1 atom stereocenters. The van der Waals surface area contributed by atoms with E-state index in [1.165, 1.54) is 0 Å². The van der Waals surface area contributed by atoms with E-state index < -0.39 is 5.60 Å². The van der Waals surface area contributed by atoms with E-state index in [-0.39, 0.29) is 11.9 Å². The monoisotopic (exact) mass is 347 g/mol. The van der Waals surface area contributed by atoms with Crippen LogP contribution >= 0.6 is 11.6 Å². The third-order valence-corrected chi connectivity index (χ3v) is 3.94. The first kappa shape index (κ1) is 18.1. The molecule has 0 fully saturated rings. The summed E-state index contributed by atoms with van der Waals surface area (Å²) in [7, 11) is 1.61. The molecule has 0 aliphatic carbocycles. The summed E-state index contributed by atoms with van der Waals surface area (Å²) in [4.78, 5) is 12.6. The molecule has 0 saturated carbocycles. The van der Waals surface area contributed by atoms with E-state index in [1.54, 1.807) is 45.2 Å². The van der Waals surface area contributed by atoms with Crippen molar-refractivity contribution in [2.45, 2.75) is 32.4 Å². The lowest BCUT2D eigenvalue weighted by Crippen LogP contribution is -2.47. The summed E-state index contributed by atoms with van der Waals surface area (Å²) in [6.07, 6.45) is 0. The number of amides is 1. The second kappa shape index (κ2) is 7.58. The molecule has 1 N–H and O–H groups in total. The Hall–Kier alpha value is -2.20. The number of hydrogen-bond acceptors (Lipinski definition) is 3. The summed E-state index contributed by atoms with van der Waals surface area (Å²) in [6.45, 7) is 5.37. The van der Waals surface area contributed by atoms with Gasteiger partial charge in [0.25, 0.3) is 5.91 Å². The number of hydrogen-bond donors (Lipinski definition) is 1. The van der Waals surface area contributed by atoms with Crippen LogP contribution < -0.4 is 14.8 Å². The number of para-hydroxylation sites is 1. The zero-order valence-electron chi connectivity index (χ0n) is 14.3. The predicted octanol–water partition coefficient (Wildman–Crippen LogP) is 4.38. The van der Waals surface area contributed by atoms with Crippen molar-refractivity contribution < 1.29 is 14.3 Å². The van der Waals surface area contributed by atoms with Crippen LogP contribution in [0.15, 0.2) is 48.5 Å². The highest BCUT2D eigenvalue weighted by Crippen LogP contribution is 2.26. The molecule has 0 saturated heterocycles. The summed E-state index contributed by atoms with van der Waals surface area (Å²) in [5.41, 5.74) is -0.111. The molecule has 4 nitrogen and oxygen atoms in total. The number of methoxy groups -OCH3 is 1. The van der Waals surface area contributed by atoms with E-state index in [9.17, 15) is 4.79 Å². The Morgan fingerprint density at radius 1 is 1.12 bits per heavy atom. The van der Waals surface area contributed by atoms with Crippen LogP contribution in [0.25, 0.3) is 0 Å². The highest BCUT2D eigenvalue weighted by Gasteiger charge is 2.31. The zero-order valence-corrected chi connectivity index (χ0v) is 15.1. The topological polar surface area (TPSA) is 47.6 Å². The number of nitrogens with one attached hydrogen (secondary N) is 1. The Balaban J connectivity index is 2.08. The number of halogens is 1. The molecule has 24 heavy (non-hydrogen) atoms. The van der Waals surface area contributed by atoms with Crippen LogP contribution in [-0.4, -0.2) is 18.6 Å². The Morgan fingerprint density at radius 3 is 2.38 bits per heavy atom. The van der Waals surface area contributed by atoms with Crippen LogP contribution in [0, 0.1) is 0 Å². The van der Waals surface area contributed by atoms with Gasteiger partial charge in [-0.1, -0.05) is 29.8 Å². The van der Waals surface area contributed by atoms with E-state index in [0.717, 1.165) is 11.3 Å². The molecular formula is C19H22ClNO3. The molecule has 0 aliphatic heterocycles. The molecule has 0 spiro atoms. The average molecular weight is 348 g/mol. The largest absolute Gasteiger partial charge is 0.496 e. The normalized spacial score (nSPS) is 12.4. The van der Waals surface area contributed by atoms with Gasteiger partial charge in [0.1, 0.15) is 11.5 Å². The highest BCUT2D eigenvalue weighted by atomic mass is 35.5. The molecule has 128 valence electrons. The van der Waals surface area contributed by atoms with E-state index in [4.69, 9.17) is 21.1 Å². The van der Waals surface area contributed by atoms with Crippen molar-refractivity contribution >= 4 is 17.5 Å². The van der Waals surface area contributed by atoms with Crippen LogP contribution in [0.3, 0.4) is 0 Å². The summed E-state index contributed by atoms with van der Waals surface area (Å²) in [6, 6.07) is 14.3. The van der Waals surface area contributed by atoms with Crippen molar-refractivity contribution in [1.29, 1.82) is 0 Å². The van der Waals surface area contributed by atoms with Gasteiger partial charge in [-0.25, -0.2) is 0 Å². The van der Waals surface area contributed by atoms with Crippen LogP contribution in [0.4, 0.5) is 0 Å². The molecule has 0 aromatic heterocycles. The third kappa shape index (κ3) is 4.42. The van der Waals surface area contributed by atoms with Crippen LogP contribution in [0.2, 0.25) is 5.02 Å². The van der Waals surface area contributed by atoms with Crippen molar-refractivity contribution in [3.63, 3.8) is 0 Å². The van der Waals surface area contributed by atoms with Gasteiger partial charge in [0.2, 0.25) is 0 Å². The van der Waals surface area contributed by atoms with E-state index in [0.29, 0.717) is 10.8 Å². The Morgan fingerprint density at radius 2 is 1.75 bits per heavy atom. The molecule has 0 radical (unpaired) electrons. The first-order chi connectivity index (χ1) is 11.3. The maximum Gasteiger partial charge on any atom is 0.264 e. The highest BCUT2D eigenvalue weighted by molar-refractivity contribution is 6.30. The molecule has 0 bridgehead atoms. The predicted molar refractivity (Wildman–Crippen MR) is 95.7 cm³/mol. The average Bonchev–Trinajstić information content (AvgIpc) is 2.56. The van der Waals surface area contributed by atoms with Gasteiger partial charge >= 0.3 is 0 Å². The molecule has 2 aromatic carbocycles. The van der Waals surface area contributed by atoms with E-state index >= 15 is 0 Å². The maximum absolute atomic E-state index is 12.6. The zero-order chi connectivity index (χ0) is 17.7. The maximum atomic E-state index is 12.6. The number of carbonyl (C=O) groups excluding carboxylic acids is 1. The Labute approximate surface area is 147 Å². The lowest BCUT2D eigenvalue weighted by Gasteiger charge is -2.27. The minimum atomic E-state index is -1.02. The molecular weight excluding hydrogens is 326 g/mol. The van der Waals surface area contributed by atoms with Crippen LogP contribution in [0.5, 0.6) is 11.5 Å². The molecule has 1 amide bonds. The van der Waals surface area contributed by atoms with Crippen molar-refractivity contribution in [1.82, 2.24) is 5.32 Å². The van der Waals surface area contributed by atoms with Gasteiger partial charge in [-0.05, 0) is 51.1 Å². The molecule has 0 unspecified atom stereocenters. The minimum absolute atomic E-state index is 0.207. The van der Waals surface area contributed by atoms with Crippen molar-refractivity contribution in [2.24, 2.45) is 0 Å². The minimum Gasteiger partial charge on any atom is -0.496 e. The molecule has 0 aliphatic rings. The molecule has 2 rings (SSSR count). The third-order valence-electron chi connectivity index (χ3n) is 3.69. The lowest BCUT2D eigenvalue weighted by molar-refractivity contribution is -0.134.